The molecule has 2 N–H and O–H groups in total. The molecule has 0 aliphatic carbocycles. The SMILES string of the molecule is C=CCC=CC=CC=C(CC=C)c1c(C(N)=O)c(OCCC2CCOCC2)cc2ccccc12. The zero-order chi connectivity index (χ0) is 24.2. The van der Waals surface area contributed by atoms with Crippen molar-refractivity contribution in [3.05, 3.63) is 97.1 Å². The van der Waals surface area contributed by atoms with Gasteiger partial charge in [-0.3, -0.25) is 4.79 Å². The van der Waals surface area contributed by atoms with E-state index in [9.17, 15) is 4.79 Å². The van der Waals surface area contributed by atoms with Gasteiger partial charge in [-0.05, 0) is 60.4 Å². The summed E-state index contributed by atoms with van der Waals surface area (Å²) in [5, 5.41) is 1.98. The molecular weight excluding hydrogens is 422 g/mol. The third-order valence-electron chi connectivity index (χ3n) is 6.03. The minimum absolute atomic E-state index is 0.425. The summed E-state index contributed by atoms with van der Waals surface area (Å²) in [6.07, 6.45) is 18.1. The van der Waals surface area contributed by atoms with Crippen LogP contribution >= 0.6 is 0 Å². The predicted octanol–water partition coefficient (Wildman–Crippen LogP) is 6.78. The van der Waals surface area contributed by atoms with Gasteiger partial charge in [0, 0.05) is 18.8 Å². The second kappa shape index (κ2) is 13.4. The lowest BCUT2D eigenvalue weighted by atomic mass is 9.90. The van der Waals surface area contributed by atoms with Crippen LogP contribution in [0, 0.1) is 5.92 Å². The molecule has 1 fully saturated rings. The molecule has 1 aliphatic rings. The Morgan fingerprint density at radius 1 is 1.09 bits per heavy atom. The summed E-state index contributed by atoms with van der Waals surface area (Å²) in [6, 6.07) is 9.95. The number of carbonyl (C=O) groups excluding carboxylic acids is 1. The number of rotatable bonds is 12. The van der Waals surface area contributed by atoms with Gasteiger partial charge >= 0.3 is 0 Å². The number of benzene rings is 2. The van der Waals surface area contributed by atoms with Crippen molar-refractivity contribution in [2.24, 2.45) is 11.7 Å². The first-order valence-corrected chi connectivity index (χ1v) is 12.0. The fourth-order valence-electron chi connectivity index (χ4n) is 4.28. The zero-order valence-electron chi connectivity index (χ0n) is 19.9. The minimum atomic E-state index is -0.494. The molecule has 178 valence electrons. The van der Waals surface area contributed by atoms with Crippen molar-refractivity contribution in [3.8, 4) is 5.75 Å². The van der Waals surface area contributed by atoms with E-state index in [4.69, 9.17) is 15.2 Å². The summed E-state index contributed by atoms with van der Waals surface area (Å²) in [5.74, 6) is 0.630. The van der Waals surface area contributed by atoms with Gasteiger partial charge in [0.15, 0.2) is 0 Å². The molecule has 2 aromatic rings. The highest BCUT2D eigenvalue weighted by molar-refractivity contribution is 6.09. The van der Waals surface area contributed by atoms with Crippen LogP contribution < -0.4 is 10.5 Å². The van der Waals surface area contributed by atoms with Crippen LogP contribution in [-0.4, -0.2) is 25.7 Å². The first kappa shape index (κ1) is 25.3. The smallest absolute Gasteiger partial charge is 0.253 e. The standard InChI is InChI=1S/C30H35NO3/c1-3-5-6-7-8-9-13-24(12-4-2)28-26-15-11-10-14-25(26)22-27(29(28)30(31)32)34-21-18-23-16-19-33-20-17-23/h3-4,6-11,13-15,22-23H,1-2,5,12,16-21H2,(H2,31,32). The Labute approximate surface area is 203 Å². The maximum absolute atomic E-state index is 12.7. The van der Waals surface area contributed by atoms with Crippen LogP contribution in [0.3, 0.4) is 0 Å². The van der Waals surface area contributed by atoms with Crippen LogP contribution in [0.25, 0.3) is 16.3 Å². The van der Waals surface area contributed by atoms with Crippen LogP contribution in [0.2, 0.25) is 0 Å². The van der Waals surface area contributed by atoms with Gasteiger partial charge in [-0.1, -0.05) is 66.8 Å². The monoisotopic (exact) mass is 457 g/mol. The Morgan fingerprint density at radius 2 is 1.88 bits per heavy atom. The molecule has 1 heterocycles. The van der Waals surface area contributed by atoms with Gasteiger partial charge < -0.3 is 15.2 Å². The molecule has 0 spiro atoms. The molecule has 0 radical (unpaired) electrons. The maximum atomic E-state index is 12.7. The molecular formula is C30H35NO3. The topological polar surface area (TPSA) is 61.6 Å². The average Bonchev–Trinajstić information content (AvgIpc) is 2.85. The molecule has 4 heteroatoms. The van der Waals surface area contributed by atoms with Crippen molar-refractivity contribution in [2.45, 2.75) is 32.1 Å². The fraction of sp³-hybridized carbons (Fsp3) is 0.300. The van der Waals surface area contributed by atoms with Crippen molar-refractivity contribution in [1.82, 2.24) is 0 Å². The number of allylic oxidation sites excluding steroid dienone is 8. The molecule has 3 rings (SSSR count). The summed E-state index contributed by atoms with van der Waals surface area (Å²) >= 11 is 0. The number of hydrogen-bond donors (Lipinski definition) is 1. The second-order valence-electron chi connectivity index (χ2n) is 8.43. The molecule has 4 nitrogen and oxygen atoms in total. The van der Waals surface area contributed by atoms with Crippen molar-refractivity contribution in [1.29, 1.82) is 0 Å². The van der Waals surface area contributed by atoms with Gasteiger partial charge in [0.05, 0.1) is 12.2 Å². The Bertz CT molecular complexity index is 1090. The lowest BCUT2D eigenvalue weighted by Gasteiger charge is -2.23. The largest absolute Gasteiger partial charge is 0.493 e. The Morgan fingerprint density at radius 3 is 2.62 bits per heavy atom. The molecule has 0 aromatic heterocycles. The number of ether oxygens (including phenoxy) is 2. The van der Waals surface area contributed by atoms with E-state index in [1.807, 2.05) is 72.9 Å². The van der Waals surface area contributed by atoms with E-state index in [1.165, 1.54) is 0 Å². The highest BCUT2D eigenvalue weighted by Crippen LogP contribution is 2.37. The highest BCUT2D eigenvalue weighted by atomic mass is 16.5. The maximum Gasteiger partial charge on any atom is 0.253 e. The van der Waals surface area contributed by atoms with Crippen LogP contribution in [0.5, 0.6) is 5.75 Å². The van der Waals surface area contributed by atoms with Crippen LogP contribution in [0.1, 0.15) is 48.0 Å². The summed E-state index contributed by atoms with van der Waals surface area (Å²) < 4.78 is 11.7. The van der Waals surface area contributed by atoms with Gasteiger partial charge in [-0.25, -0.2) is 0 Å². The zero-order valence-corrected chi connectivity index (χ0v) is 19.9. The predicted molar refractivity (Wildman–Crippen MR) is 142 cm³/mol. The van der Waals surface area contributed by atoms with E-state index in [0.717, 1.165) is 60.8 Å². The van der Waals surface area contributed by atoms with E-state index in [-0.39, 0.29) is 0 Å². The van der Waals surface area contributed by atoms with Gasteiger partial charge in [0.2, 0.25) is 0 Å². The molecule has 0 unspecified atom stereocenters. The number of primary amides is 1. The van der Waals surface area contributed by atoms with Crippen LogP contribution in [0.15, 0.2) is 86.0 Å². The fourth-order valence-corrected chi connectivity index (χ4v) is 4.28. The van der Waals surface area contributed by atoms with Crippen molar-refractivity contribution in [3.63, 3.8) is 0 Å². The molecule has 1 saturated heterocycles. The van der Waals surface area contributed by atoms with Gasteiger partial charge in [-0.2, -0.15) is 0 Å². The third kappa shape index (κ3) is 6.82. The molecule has 1 amide bonds. The second-order valence-corrected chi connectivity index (χ2v) is 8.43. The van der Waals surface area contributed by atoms with E-state index in [2.05, 4.69) is 13.2 Å². The normalized spacial score (nSPS) is 15.2. The van der Waals surface area contributed by atoms with Gasteiger partial charge in [-0.15, -0.1) is 13.2 Å². The van der Waals surface area contributed by atoms with E-state index < -0.39 is 5.91 Å². The molecule has 0 bridgehead atoms. The van der Waals surface area contributed by atoms with E-state index >= 15 is 0 Å². The molecule has 1 aliphatic heterocycles. The Kier molecular flexibility index (Phi) is 9.93. The van der Waals surface area contributed by atoms with Crippen LogP contribution in [0.4, 0.5) is 0 Å². The number of fused-ring (bicyclic) bond motifs is 1. The van der Waals surface area contributed by atoms with Crippen LogP contribution in [-0.2, 0) is 4.74 Å². The summed E-state index contributed by atoms with van der Waals surface area (Å²) in [7, 11) is 0. The van der Waals surface area contributed by atoms with Crippen molar-refractivity contribution >= 4 is 22.3 Å². The number of amides is 1. The summed E-state index contributed by atoms with van der Waals surface area (Å²) in [6.45, 7) is 9.80. The van der Waals surface area contributed by atoms with Crippen molar-refractivity contribution < 1.29 is 14.3 Å². The van der Waals surface area contributed by atoms with Crippen molar-refractivity contribution in [2.75, 3.05) is 19.8 Å². The van der Waals surface area contributed by atoms with E-state index in [0.29, 0.717) is 30.3 Å². The molecule has 0 atom stereocenters. The first-order chi connectivity index (χ1) is 16.7. The number of carbonyl (C=O) groups is 1. The summed E-state index contributed by atoms with van der Waals surface area (Å²) in [4.78, 5) is 12.7. The molecule has 2 aromatic carbocycles. The lowest BCUT2D eigenvalue weighted by Crippen LogP contribution is -2.19. The number of nitrogens with two attached hydrogens (primary N) is 1. The minimum Gasteiger partial charge on any atom is -0.493 e. The third-order valence-corrected chi connectivity index (χ3v) is 6.03. The van der Waals surface area contributed by atoms with Gasteiger partial charge in [0.25, 0.3) is 5.91 Å². The Hall–Kier alpha value is -3.37. The molecule has 0 saturated carbocycles. The van der Waals surface area contributed by atoms with E-state index in [1.54, 1.807) is 0 Å². The first-order valence-electron chi connectivity index (χ1n) is 12.0. The number of hydrogen-bond acceptors (Lipinski definition) is 3. The Balaban J connectivity index is 2.01. The molecule has 34 heavy (non-hydrogen) atoms. The average molecular weight is 458 g/mol. The highest BCUT2D eigenvalue weighted by Gasteiger charge is 2.22. The van der Waals surface area contributed by atoms with Gasteiger partial charge in [0.1, 0.15) is 5.75 Å². The summed E-state index contributed by atoms with van der Waals surface area (Å²) in [5.41, 5.74) is 8.14. The lowest BCUT2D eigenvalue weighted by molar-refractivity contribution is 0.0593. The quantitative estimate of drug-likeness (QED) is 0.282.